The molecule has 2 heterocycles. The van der Waals surface area contributed by atoms with E-state index in [9.17, 15) is 9.18 Å². The second-order valence-electron chi connectivity index (χ2n) is 4.99. The molecule has 24 heavy (non-hydrogen) atoms. The molecule has 0 bridgehead atoms. The first-order chi connectivity index (χ1) is 11.7. The molecule has 0 saturated carbocycles. The molecule has 1 amide bonds. The van der Waals surface area contributed by atoms with Crippen LogP contribution in [0.5, 0.6) is 5.75 Å². The van der Waals surface area contributed by atoms with E-state index in [0.29, 0.717) is 17.3 Å². The summed E-state index contributed by atoms with van der Waals surface area (Å²) in [5, 5.41) is 0. The average Bonchev–Trinajstić information content (AvgIpc) is 3.13. The minimum atomic E-state index is -0.360. The fraction of sp³-hybridized carbons (Fsp3) is 0.111. The number of carbonyl (C=O) groups is 1. The van der Waals surface area contributed by atoms with Gasteiger partial charge in [-0.2, -0.15) is 0 Å². The number of amides is 1. The molecule has 5 nitrogen and oxygen atoms in total. The van der Waals surface area contributed by atoms with E-state index in [-0.39, 0.29) is 24.9 Å². The van der Waals surface area contributed by atoms with E-state index in [0.717, 1.165) is 0 Å². The van der Waals surface area contributed by atoms with Crippen LogP contribution in [0.4, 0.5) is 10.2 Å². The topological polar surface area (TPSA) is 55.6 Å². The summed E-state index contributed by atoms with van der Waals surface area (Å²) in [5.41, 5.74) is 0. The lowest BCUT2D eigenvalue weighted by molar-refractivity contribution is -0.120. The fourth-order valence-electron chi connectivity index (χ4n) is 2.12. The predicted molar refractivity (Wildman–Crippen MR) is 86.0 cm³/mol. The summed E-state index contributed by atoms with van der Waals surface area (Å²) >= 11 is 0. The summed E-state index contributed by atoms with van der Waals surface area (Å²) in [6.45, 7) is 0.0541. The Morgan fingerprint density at radius 1 is 1.12 bits per heavy atom. The smallest absolute Gasteiger partial charge is 0.266 e. The number of carbonyl (C=O) groups excluding carboxylic acids is 1. The molecule has 0 spiro atoms. The van der Waals surface area contributed by atoms with Crippen LogP contribution < -0.4 is 9.64 Å². The summed E-state index contributed by atoms with van der Waals surface area (Å²) in [6, 6.07) is 14.3. The van der Waals surface area contributed by atoms with Gasteiger partial charge in [-0.25, -0.2) is 9.37 Å². The van der Waals surface area contributed by atoms with Gasteiger partial charge < -0.3 is 9.15 Å². The van der Waals surface area contributed by atoms with Crippen molar-refractivity contribution in [2.45, 2.75) is 6.54 Å². The third-order valence-electron chi connectivity index (χ3n) is 3.30. The number of ether oxygens (including phenoxy) is 1. The number of anilines is 1. The van der Waals surface area contributed by atoms with E-state index >= 15 is 0 Å². The molecule has 3 rings (SSSR count). The average molecular weight is 326 g/mol. The molecule has 0 aliphatic carbocycles. The van der Waals surface area contributed by atoms with Crippen LogP contribution in [0, 0.1) is 5.82 Å². The normalized spacial score (nSPS) is 10.4. The van der Waals surface area contributed by atoms with Crippen LogP contribution in [-0.4, -0.2) is 17.5 Å². The minimum absolute atomic E-state index is 0.192. The summed E-state index contributed by atoms with van der Waals surface area (Å²) in [4.78, 5) is 18.2. The van der Waals surface area contributed by atoms with Gasteiger partial charge in [0.25, 0.3) is 5.91 Å². The fourth-order valence-corrected chi connectivity index (χ4v) is 2.12. The van der Waals surface area contributed by atoms with Gasteiger partial charge in [-0.3, -0.25) is 9.69 Å². The van der Waals surface area contributed by atoms with Crippen molar-refractivity contribution in [3.8, 4) is 5.75 Å². The van der Waals surface area contributed by atoms with Crippen molar-refractivity contribution in [2.24, 2.45) is 0 Å². The zero-order valence-corrected chi connectivity index (χ0v) is 12.8. The number of pyridine rings is 1. The first-order valence-electron chi connectivity index (χ1n) is 7.34. The lowest BCUT2D eigenvalue weighted by Gasteiger charge is -2.20. The Hall–Kier alpha value is -3.15. The zero-order valence-electron chi connectivity index (χ0n) is 12.8. The summed E-state index contributed by atoms with van der Waals surface area (Å²) in [5.74, 6) is 0.914. The predicted octanol–water partition coefficient (Wildman–Crippen LogP) is 3.43. The van der Waals surface area contributed by atoms with Crippen molar-refractivity contribution in [1.29, 1.82) is 0 Å². The van der Waals surface area contributed by atoms with Crippen molar-refractivity contribution < 1.29 is 18.3 Å². The summed E-state index contributed by atoms with van der Waals surface area (Å²) in [6.07, 6.45) is 3.16. The molecular weight excluding hydrogens is 311 g/mol. The van der Waals surface area contributed by atoms with Crippen LogP contribution in [-0.2, 0) is 11.3 Å². The van der Waals surface area contributed by atoms with Gasteiger partial charge in [0, 0.05) is 6.20 Å². The number of halogens is 1. The van der Waals surface area contributed by atoms with Gasteiger partial charge in [0.2, 0.25) is 0 Å². The van der Waals surface area contributed by atoms with Gasteiger partial charge in [-0.1, -0.05) is 6.07 Å². The molecule has 0 unspecified atom stereocenters. The molecule has 2 aromatic heterocycles. The highest BCUT2D eigenvalue weighted by Crippen LogP contribution is 2.16. The molecular formula is C18H15FN2O3. The third-order valence-corrected chi connectivity index (χ3v) is 3.30. The minimum Gasteiger partial charge on any atom is -0.484 e. The second-order valence-corrected chi connectivity index (χ2v) is 4.99. The van der Waals surface area contributed by atoms with E-state index in [1.54, 1.807) is 42.8 Å². The molecule has 6 heteroatoms. The Morgan fingerprint density at radius 2 is 1.96 bits per heavy atom. The first-order valence-corrected chi connectivity index (χ1v) is 7.34. The van der Waals surface area contributed by atoms with E-state index < -0.39 is 0 Å². The number of rotatable bonds is 6. The molecule has 0 aliphatic rings. The lowest BCUT2D eigenvalue weighted by Crippen LogP contribution is -2.35. The van der Waals surface area contributed by atoms with Crippen molar-refractivity contribution in [3.05, 3.63) is 78.6 Å². The highest BCUT2D eigenvalue weighted by molar-refractivity contribution is 5.93. The first kappa shape index (κ1) is 15.7. The highest BCUT2D eigenvalue weighted by atomic mass is 19.1. The number of aromatic nitrogens is 1. The van der Waals surface area contributed by atoms with Gasteiger partial charge in [-0.05, 0) is 48.5 Å². The van der Waals surface area contributed by atoms with Crippen LogP contribution in [0.1, 0.15) is 5.76 Å². The molecule has 0 atom stereocenters. The molecule has 0 aliphatic heterocycles. The lowest BCUT2D eigenvalue weighted by atomic mass is 10.3. The van der Waals surface area contributed by atoms with Crippen LogP contribution in [0.15, 0.2) is 71.5 Å². The van der Waals surface area contributed by atoms with E-state index in [1.165, 1.54) is 29.2 Å². The largest absolute Gasteiger partial charge is 0.484 e. The molecule has 3 aromatic rings. The van der Waals surface area contributed by atoms with Crippen LogP contribution in [0.25, 0.3) is 0 Å². The molecule has 0 N–H and O–H groups in total. The van der Waals surface area contributed by atoms with Crippen LogP contribution >= 0.6 is 0 Å². The summed E-state index contributed by atoms with van der Waals surface area (Å²) < 4.78 is 23.6. The quantitative estimate of drug-likeness (QED) is 0.696. The number of hydrogen-bond acceptors (Lipinski definition) is 4. The van der Waals surface area contributed by atoms with Crippen LogP contribution in [0.2, 0.25) is 0 Å². The Bertz CT molecular complexity index is 774. The monoisotopic (exact) mass is 326 g/mol. The van der Waals surface area contributed by atoms with Crippen molar-refractivity contribution >= 4 is 11.7 Å². The molecule has 1 aromatic carbocycles. The van der Waals surface area contributed by atoms with Gasteiger partial charge in [0.05, 0.1) is 12.8 Å². The SMILES string of the molecule is O=C(COc1ccc(F)cc1)N(Cc1ccco1)c1ccccn1. The number of nitrogens with zero attached hydrogens (tertiary/aromatic N) is 2. The van der Waals surface area contributed by atoms with Crippen molar-refractivity contribution in [1.82, 2.24) is 4.98 Å². The maximum Gasteiger partial charge on any atom is 0.266 e. The van der Waals surface area contributed by atoms with E-state index in [1.807, 2.05) is 0 Å². The third kappa shape index (κ3) is 3.98. The van der Waals surface area contributed by atoms with Gasteiger partial charge in [0.15, 0.2) is 6.61 Å². The maximum atomic E-state index is 12.9. The van der Waals surface area contributed by atoms with Crippen LogP contribution in [0.3, 0.4) is 0 Å². The molecule has 122 valence electrons. The Labute approximate surface area is 138 Å². The van der Waals surface area contributed by atoms with Gasteiger partial charge in [0.1, 0.15) is 23.1 Å². The Morgan fingerprint density at radius 3 is 2.62 bits per heavy atom. The van der Waals surface area contributed by atoms with Gasteiger partial charge in [-0.15, -0.1) is 0 Å². The molecule has 0 radical (unpaired) electrons. The van der Waals surface area contributed by atoms with Crippen molar-refractivity contribution in [2.75, 3.05) is 11.5 Å². The van der Waals surface area contributed by atoms with E-state index in [4.69, 9.17) is 9.15 Å². The Kier molecular flexibility index (Phi) is 4.86. The highest BCUT2D eigenvalue weighted by Gasteiger charge is 2.19. The molecule has 0 saturated heterocycles. The number of hydrogen-bond donors (Lipinski definition) is 0. The van der Waals surface area contributed by atoms with E-state index in [2.05, 4.69) is 4.98 Å². The number of furan rings is 1. The second kappa shape index (κ2) is 7.41. The van der Waals surface area contributed by atoms with Gasteiger partial charge >= 0.3 is 0 Å². The Balaban J connectivity index is 1.72. The van der Waals surface area contributed by atoms with Crippen molar-refractivity contribution in [3.63, 3.8) is 0 Å². The zero-order chi connectivity index (χ0) is 16.8. The standard InChI is InChI=1S/C18H15FN2O3/c19-14-6-8-15(9-7-14)24-13-18(22)21(12-16-4-3-11-23-16)17-5-1-2-10-20-17/h1-11H,12-13H2. The number of benzene rings is 1. The summed E-state index contributed by atoms with van der Waals surface area (Å²) in [7, 11) is 0. The molecule has 0 fully saturated rings. The maximum absolute atomic E-state index is 12.9.